The lowest BCUT2D eigenvalue weighted by Crippen LogP contribution is -2.37. The van der Waals surface area contributed by atoms with Crippen LogP contribution in [0, 0.1) is 23.1 Å². The van der Waals surface area contributed by atoms with Crippen LogP contribution in [0.1, 0.15) is 31.7 Å². The molecule has 0 amide bonds. The molecule has 4 rings (SSSR count). The fourth-order valence-corrected chi connectivity index (χ4v) is 5.61. The van der Waals surface area contributed by atoms with Gasteiger partial charge in [0.2, 0.25) is 0 Å². The molecule has 1 fully saturated rings. The van der Waals surface area contributed by atoms with Crippen molar-refractivity contribution in [3.8, 4) is 17.6 Å². The van der Waals surface area contributed by atoms with Gasteiger partial charge in [-0.15, -0.1) is 0 Å². The molecule has 0 spiro atoms. The number of nitriles is 1. The molecular formula is C27H31FN6O6S. The van der Waals surface area contributed by atoms with Gasteiger partial charge in [-0.2, -0.15) is 18.0 Å². The van der Waals surface area contributed by atoms with Crippen molar-refractivity contribution in [2.45, 2.75) is 32.7 Å². The van der Waals surface area contributed by atoms with Crippen molar-refractivity contribution < 1.29 is 27.4 Å². The summed E-state index contributed by atoms with van der Waals surface area (Å²) in [4.78, 5) is 30.4. The van der Waals surface area contributed by atoms with E-state index in [0.29, 0.717) is 31.1 Å². The SMILES string of the molecule is CCN(C)S(=O)(=O)Nc1ccc(F)c(Oc2ccc3ncn(CCC4CCN(CC(=O)O)CC4)c(=O)c3c2)c1C#N. The Morgan fingerprint density at radius 1 is 1.29 bits per heavy atom. The van der Waals surface area contributed by atoms with Crippen molar-refractivity contribution >= 4 is 32.8 Å². The van der Waals surface area contributed by atoms with E-state index >= 15 is 0 Å². The highest BCUT2D eigenvalue weighted by Gasteiger charge is 2.23. The van der Waals surface area contributed by atoms with Gasteiger partial charge in [-0.1, -0.05) is 6.92 Å². The molecule has 0 unspecified atom stereocenters. The number of hydrogen-bond donors (Lipinski definition) is 2. The summed E-state index contributed by atoms with van der Waals surface area (Å²) in [6.45, 7) is 3.67. The zero-order valence-corrected chi connectivity index (χ0v) is 23.5. The van der Waals surface area contributed by atoms with Crippen LogP contribution in [0.2, 0.25) is 0 Å². The van der Waals surface area contributed by atoms with Gasteiger partial charge in [0.15, 0.2) is 11.6 Å². The lowest BCUT2D eigenvalue weighted by atomic mass is 9.93. The first-order chi connectivity index (χ1) is 19.5. The second kappa shape index (κ2) is 12.6. The number of halogens is 1. The predicted octanol–water partition coefficient (Wildman–Crippen LogP) is 2.99. The first-order valence-electron chi connectivity index (χ1n) is 13.1. The van der Waals surface area contributed by atoms with Crippen LogP contribution in [-0.4, -0.2) is 71.5 Å². The molecule has 0 aliphatic carbocycles. The number of aryl methyl sites for hydroxylation is 1. The number of carboxylic acid groups (broad SMARTS) is 1. The average Bonchev–Trinajstić information content (AvgIpc) is 2.94. The number of carboxylic acids is 1. The highest BCUT2D eigenvalue weighted by molar-refractivity contribution is 7.90. The lowest BCUT2D eigenvalue weighted by molar-refractivity contribution is -0.138. The average molecular weight is 587 g/mol. The van der Waals surface area contributed by atoms with Gasteiger partial charge in [-0.05, 0) is 68.6 Å². The zero-order chi connectivity index (χ0) is 29.7. The molecular weight excluding hydrogens is 555 g/mol. The highest BCUT2D eigenvalue weighted by Crippen LogP contribution is 2.34. The number of hydrogen-bond acceptors (Lipinski definition) is 8. The van der Waals surface area contributed by atoms with E-state index in [0.717, 1.165) is 35.7 Å². The first kappa shape index (κ1) is 29.9. The molecule has 0 radical (unpaired) electrons. The number of carbonyl (C=O) groups is 1. The monoisotopic (exact) mass is 586 g/mol. The Hall–Kier alpha value is -4.06. The Morgan fingerprint density at radius 3 is 2.68 bits per heavy atom. The summed E-state index contributed by atoms with van der Waals surface area (Å²) in [5, 5.41) is 18.9. The Morgan fingerprint density at radius 2 is 2.02 bits per heavy atom. The van der Waals surface area contributed by atoms with Gasteiger partial charge in [0, 0.05) is 20.1 Å². The maximum absolute atomic E-state index is 14.8. The van der Waals surface area contributed by atoms with Crippen LogP contribution in [0.4, 0.5) is 10.1 Å². The van der Waals surface area contributed by atoms with Gasteiger partial charge in [0.1, 0.15) is 17.4 Å². The van der Waals surface area contributed by atoms with Gasteiger partial charge in [0.05, 0.1) is 29.5 Å². The van der Waals surface area contributed by atoms with E-state index in [1.807, 2.05) is 4.90 Å². The van der Waals surface area contributed by atoms with Gasteiger partial charge in [-0.25, -0.2) is 9.37 Å². The smallest absolute Gasteiger partial charge is 0.317 e. The van der Waals surface area contributed by atoms with Gasteiger partial charge in [-0.3, -0.25) is 23.8 Å². The van der Waals surface area contributed by atoms with Crippen molar-refractivity contribution in [2.75, 3.05) is 37.9 Å². The van der Waals surface area contributed by atoms with Gasteiger partial charge < -0.3 is 9.84 Å². The first-order valence-corrected chi connectivity index (χ1v) is 14.5. The van der Waals surface area contributed by atoms with E-state index in [-0.39, 0.29) is 41.0 Å². The van der Waals surface area contributed by atoms with Crippen LogP contribution >= 0.6 is 0 Å². The minimum atomic E-state index is -3.98. The molecule has 2 aromatic carbocycles. The van der Waals surface area contributed by atoms with E-state index in [2.05, 4.69) is 9.71 Å². The van der Waals surface area contributed by atoms with E-state index in [4.69, 9.17) is 9.84 Å². The molecule has 12 nitrogen and oxygen atoms in total. The van der Waals surface area contributed by atoms with Crippen LogP contribution in [-0.2, 0) is 21.5 Å². The van der Waals surface area contributed by atoms with Gasteiger partial charge >= 0.3 is 16.2 Å². The largest absolute Gasteiger partial charge is 0.480 e. The molecule has 0 saturated carbocycles. The van der Waals surface area contributed by atoms with Crippen LogP contribution in [0.5, 0.6) is 11.5 Å². The van der Waals surface area contributed by atoms with Crippen molar-refractivity contribution in [1.82, 2.24) is 18.8 Å². The quantitative estimate of drug-likeness (QED) is 0.345. The number of benzene rings is 2. The molecule has 1 saturated heterocycles. The molecule has 1 aromatic heterocycles. The van der Waals surface area contributed by atoms with E-state index in [1.165, 1.54) is 30.1 Å². The number of nitrogens with one attached hydrogen (secondary N) is 1. The third-order valence-corrected chi connectivity index (χ3v) is 8.73. The summed E-state index contributed by atoms with van der Waals surface area (Å²) in [7, 11) is -2.63. The summed E-state index contributed by atoms with van der Waals surface area (Å²) in [6.07, 6.45) is 3.90. The Bertz CT molecular complexity index is 1650. The summed E-state index contributed by atoms with van der Waals surface area (Å²) >= 11 is 0. The van der Waals surface area contributed by atoms with Gasteiger partial charge in [0.25, 0.3) is 5.56 Å². The second-order valence-electron chi connectivity index (χ2n) is 9.86. The minimum Gasteiger partial charge on any atom is -0.480 e. The number of piperidine rings is 1. The predicted molar refractivity (Wildman–Crippen MR) is 149 cm³/mol. The second-order valence-corrected chi connectivity index (χ2v) is 11.6. The van der Waals surface area contributed by atoms with E-state index in [9.17, 15) is 27.7 Å². The number of aromatic nitrogens is 2. The third kappa shape index (κ3) is 6.99. The number of rotatable bonds is 11. The summed E-state index contributed by atoms with van der Waals surface area (Å²) < 4.78 is 50.3. The Balaban J connectivity index is 1.54. The third-order valence-electron chi connectivity index (χ3n) is 7.18. The minimum absolute atomic E-state index is 0.0288. The van der Waals surface area contributed by atoms with Crippen molar-refractivity contribution in [1.29, 1.82) is 5.26 Å². The van der Waals surface area contributed by atoms with E-state index in [1.54, 1.807) is 19.1 Å². The molecule has 1 aliphatic rings. The molecule has 41 heavy (non-hydrogen) atoms. The van der Waals surface area contributed by atoms with E-state index < -0.39 is 27.7 Å². The summed E-state index contributed by atoms with van der Waals surface area (Å²) in [5.41, 5.74) is -0.404. The number of aliphatic carboxylic acids is 1. The fraction of sp³-hybridized carbons (Fsp3) is 0.407. The highest BCUT2D eigenvalue weighted by atomic mass is 32.2. The topological polar surface area (TPSA) is 158 Å². The number of nitrogens with zero attached hydrogens (tertiary/aromatic N) is 5. The molecule has 3 aromatic rings. The number of anilines is 1. The number of ether oxygens (including phenoxy) is 1. The van der Waals surface area contributed by atoms with Crippen LogP contribution in [0.25, 0.3) is 10.9 Å². The standard InChI is InChI=1S/C27H31FN6O6S/c1-3-32(2)41(38,39)31-24-7-5-22(28)26(21(24)15-29)40-19-4-6-23-20(14-19)27(37)34(17-30-23)13-10-18-8-11-33(12-9-18)16-25(35)36/h4-7,14,17-18,31H,3,8-13,16H2,1-2H3,(H,35,36). The number of fused-ring (bicyclic) bond motifs is 1. The fourth-order valence-electron chi connectivity index (χ4n) is 4.66. The molecule has 14 heteroatoms. The molecule has 2 N–H and O–H groups in total. The lowest BCUT2D eigenvalue weighted by Gasteiger charge is -2.30. The Kier molecular flexibility index (Phi) is 9.21. The summed E-state index contributed by atoms with van der Waals surface area (Å²) in [5.74, 6) is -1.78. The molecule has 1 aliphatic heterocycles. The maximum atomic E-state index is 14.8. The van der Waals surface area contributed by atoms with Crippen LogP contribution in [0.15, 0.2) is 41.5 Å². The molecule has 218 valence electrons. The molecule has 2 heterocycles. The number of likely N-dealkylation sites (tertiary alicyclic amines) is 1. The Labute approximate surface area is 236 Å². The zero-order valence-electron chi connectivity index (χ0n) is 22.7. The molecule has 0 atom stereocenters. The maximum Gasteiger partial charge on any atom is 0.317 e. The van der Waals surface area contributed by atoms with Crippen LogP contribution < -0.4 is 15.0 Å². The van der Waals surface area contributed by atoms with Crippen LogP contribution in [0.3, 0.4) is 0 Å². The van der Waals surface area contributed by atoms with Crippen molar-refractivity contribution in [2.24, 2.45) is 5.92 Å². The van der Waals surface area contributed by atoms with Crippen molar-refractivity contribution in [3.05, 3.63) is 58.4 Å². The van der Waals surface area contributed by atoms with Crippen molar-refractivity contribution in [3.63, 3.8) is 0 Å². The summed E-state index contributed by atoms with van der Waals surface area (Å²) in [6, 6.07) is 8.36. The molecule has 0 bridgehead atoms. The normalized spacial score (nSPS) is 14.7.